The zero-order chi connectivity index (χ0) is 11.7. The van der Waals surface area contributed by atoms with Crippen LogP contribution >= 0.6 is 27.3 Å². The lowest BCUT2D eigenvalue weighted by Gasteiger charge is -2.02. The molecule has 0 fully saturated rings. The number of thiazole rings is 1. The number of aromatic nitrogens is 1. The van der Waals surface area contributed by atoms with Crippen LogP contribution in [0.4, 0.5) is 5.13 Å². The number of hydrogen-bond acceptors (Lipinski definition) is 5. The number of benzene rings is 1. The van der Waals surface area contributed by atoms with Crippen molar-refractivity contribution in [1.82, 2.24) is 4.98 Å². The van der Waals surface area contributed by atoms with Gasteiger partial charge in [0.2, 0.25) is 0 Å². The van der Waals surface area contributed by atoms with Crippen molar-refractivity contribution in [2.45, 2.75) is 6.92 Å². The molecule has 0 bridgehead atoms. The molecule has 0 amide bonds. The molecule has 0 saturated heterocycles. The molecule has 0 aliphatic rings. The van der Waals surface area contributed by atoms with Gasteiger partial charge in [-0.15, -0.1) is 0 Å². The van der Waals surface area contributed by atoms with Gasteiger partial charge in [-0.05, 0) is 35.0 Å². The van der Waals surface area contributed by atoms with Gasteiger partial charge in [-0.1, -0.05) is 11.3 Å². The number of nitrogens with two attached hydrogens (primary N) is 1. The first-order chi connectivity index (χ1) is 7.61. The Balaban J connectivity index is 2.53. The van der Waals surface area contributed by atoms with Crippen LogP contribution in [0.3, 0.4) is 0 Å². The molecule has 84 valence electrons. The SMILES string of the molecule is CCOC(=O)c1cc(Br)c2nc(N)sc2c1. The normalized spacial score (nSPS) is 10.6. The Kier molecular flexibility index (Phi) is 3.11. The standard InChI is InChI=1S/C10H9BrN2O2S/c1-2-15-9(14)5-3-6(11)8-7(4-5)16-10(12)13-8/h3-4H,2H2,1H3,(H2,12,13). The Hall–Kier alpha value is -1.14. The van der Waals surface area contributed by atoms with E-state index in [9.17, 15) is 4.79 Å². The van der Waals surface area contributed by atoms with Gasteiger partial charge >= 0.3 is 5.97 Å². The second kappa shape index (κ2) is 4.39. The van der Waals surface area contributed by atoms with E-state index in [0.717, 1.165) is 14.7 Å². The minimum Gasteiger partial charge on any atom is -0.462 e. The van der Waals surface area contributed by atoms with Crippen molar-refractivity contribution in [3.8, 4) is 0 Å². The molecule has 0 atom stereocenters. The molecule has 1 aromatic carbocycles. The van der Waals surface area contributed by atoms with E-state index in [0.29, 0.717) is 17.3 Å². The molecular formula is C10H9BrN2O2S. The van der Waals surface area contributed by atoms with E-state index in [2.05, 4.69) is 20.9 Å². The summed E-state index contributed by atoms with van der Waals surface area (Å²) < 4.78 is 6.55. The zero-order valence-electron chi connectivity index (χ0n) is 8.49. The van der Waals surface area contributed by atoms with Gasteiger partial charge in [0.05, 0.1) is 22.4 Å². The summed E-state index contributed by atoms with van der Waals surface area (Å²) in [6.07, 6.45) is 0. The Morgan fingerprint density at radius 3 is 3.06 bits per heavy atom. The fourth-order valence-corrected chi connectivity index (χ4v) is 2.82. The molecule has 1 heterocycles. The van der Waals surface area contributed by atoms with Crippen molar-refractivity contribution in [2.75, 3.05) is 12.3 Å². The van der Waals surface area contributed by atoms with E-state index < -0.39 is 0 Å². The Morgan fingerprint density at radius 1 is 1.62 bits per heavy atom. The Labute approximate surface area is 105 Å². The van der Waals surface area contributed by atoms with Crippen molar-refractivity contribution in [2.24, 2.45) is 0 Å². The molecule has 16 heavy (non-hydrogen) atoms. The van der Waals surface area contributed by atoms with Crippen LogP contribution in [-0.2, 0) is 4.74 Å². The smallest absolute Gasteiger partial charge is 0.338 e. The van der Waals surface area contributed by atoms with Crippen LogP contribution < -0.4 is 5.73 Å². The number of carbonyl (C=O) groups excluding carboxylic acids is 1. The highest BCUT2D eigenvalue weighted by atomic mass is 79.9. The fourth-order valence-electron chi connectivity index (χ4n) is 1.34. The molecule has 2 aromatic rings. The minimum atomic E-state index is -0.336. The van der Waals surface area contributed by atoms with Crippen LogP contribution in [0.15, 0.2) is 16.6 Å². The van der Waals surface area contributed by atoms with Crippen molar-refractivity contribution in [3.05, 3.63) is 22.2 Å². The molecule has 6 heteroatoms. The van der Waals surface area contributed by atoms with Crippen LogP contribution in [-0.4, -0.2) is 17.6 Å². The molecule has 0 aliphatic carbocycles. The van der Waals surface area contributed by atoms with E-state index in [1.165, 1.54) is 11.3 Å². The van der Waals surface area contributed by atoms with Crippen LogP contribution in [0.25, 0.3) is 10.2 Å². The van der Waals surface area contributed by atoms with Crippen molar-refractivity contribution >= 4 is 48.6 Å². The van der Waals surface area contributed by atoms with Gasteiger partial charge in [0.15, 0.2) is 5.13 Å². The molecule has 1 aromatic heterocycles. The Morgan fingerprint density at radius 2 is 2.38 bits per heavy atom. The number of esters is 1. The Bertz CT molecular complexity index is 553. The van der Waals surface area contributed by atoms with Gasteiger partial charge in [0.1, 0.15) is 0 Å². The molecule has 4 nitrogen and oxygen atoms in total. The van der Waals surface area contributed by atoms with E-state index in [1.807, 2.05) is 0 Å². The topological polar surface area (TPSA) is 65.2 Å². The number of nitrogen functional groups attached to an aromatic ring is 1. The summed E-state index contributed by atoms with van der Waals surface area (Å²) in [4.78, 5) is 15.7. The highest BCUT2D eigenvalue weighted by molar-refractivity contribution is 9.10. The average Bonchev–Trinajstić information content (AvgIpc) is 2.59. The van der Waals surface area contributed by atoms with Crippen molar-refractivity contribution in [3.63, 3.8) is 0 Å². The maximum absolute atomic E-state index is 11.6. The molecule has 0 saturated carbocycles. The van der Waals surface area contributed by atoms with Crippen molar-refractivity contribution in [1.29, 1.82) is 0 Å². The minimum absolute atomic E-state index is 0.336. The van der Waals surface area contributed by atoms with Crippen molar-refractivity contribution < 1.29 is 9.53 Å². The summed E-state index contributed by atoms with van der Waals surface area (Å²) in [6, 6.07) is 3.44. The highest BCUT2D eigenvalue weighted by Crippen LogP contribution is 2.31. The maximum Gasteiger partial charge on any atom is 0.338 e. The summed E-state index contributed by atoms with van der Waals surface area (Å²) in [5.41, 5.74) is 6.89. The first-order valence-corrected chi connectivity index (χ1v) is 6.25. The van der Waals surface area contributed by atoms with Crippen LogP contribution in [0.2, 0.25) is 0 Å². The number of nitrogens with zero attached hydrogens (tertiary/aromatic N) is 1. The number of carbonyl (C=O) groups is 1. The quantitative estimate of drug-likeness (QED) is 0.866. The molecule has 0 unspecified atom stereocenters. The lowest BCUT2D eigenvalue weighted by Crippen LogP contribution is -2.04. The monoisotopic (exact) mass is 300 g/mol. The molecule has 0 aliphatic heterocycles. The zero-order valence-corrected chi connectivity index (χ0v) is 10.9. The molecule has 0 radical (unpaired) electrons. The summed E-state index contributed by atoms with van der Waals surface area (Å²) >= 11 is 4.71. The molecule has 0 spiro atoms. The number of halogens is 1. The first kappa shape index (κ1) is 11.3. The first-order valence-electron chi connectivity index (χ1n) is 4.64. The number of fused-ring (bicyclic) bond motifs is 1. The largest absolute Gasteiger partial charge is 0.462 e. The lowest BCUT2D eigenvalue weighted by atomic mass is 10.2. The van der Waals surface area contributed by atoms with Gasteiger partial charge < -0.3 is 10.5 Å². The lowest BCUT2D eigenvalue weighted by molar-refractivity contribution is 0.0526. The third-order valence-electron chi connectivity index (χ3n) is 1.98. The predicted molar refractivity (Wildman–Crippen MR) is 67.7 cm³/mol. The number of hydrogen-bond donors (Lipinski definition) is 1. The summed E-state index contributed by atoms with van der Waals surface area (Å²) in [5.74, 6) is -0.336. The fraction of sp³-hybridized carbons (Fsp3) is 0.200. The average molecular weight is 301 g/mol. The van der Waals surface area contributed by atoms with Gasteiger partial charge in [-0.2, -0.15) is 0 Å². The second-order valence-electron chi connectivity index (χ2n) is 3.08. The van der Waals surface area contributed by atoms with E-state index >= 15 is 0 Å². The van der Waals surface area contributed by atoms with Gasteiger partial charge in [-0.25, -0.2) is 9.78 Å². The number of ether oxygens (including phenoxy) is 1. The third kappa shape index (κ3) is 2.03. The van der Waals surface area contributed by atoms with E-state index in [4.69, 9.17) is 10.5 Å². The second-order valence-corrected chi connectivity index (χ2v) is 4.99. The number of anilines is 1. The summed E-state index contributed by atoms with van der Waals surface area (Å²) in [5, 5.41) is 0.483. The molecular weight excluding hydrogens is 292 g/mol. The predicted octanol–water partition coefficient (Wildman–Crippen LogP) is 2.82. The third-order valence-corrected chi connectivity index (χ3v) is 3.41. The highest BCUT2D eigenvalue weighted by Gasteiger charge is 2.12. The van der Waals surface area contributed by atoms with Gasteiger partial charge in [-0.3, -0.25) is 0 Å². The van der Waals surface area contributed by atoms with Gasteiger partial charge in [0, 0.05) is 4.47 Å². The summed E-state index contributed by atoms with van der Waals surface area (Å²) in [6.45, 7) is 2.13. The van der Waals surface area contributed by atoms with Crippen LogP contribution in [0, 0.1) is 0 Å². The molecule has 2 rings (SSSR count). The van der Waals surface area contributed by atoms with Crippen LogP contribution in [0.5, 0.6) is 0 Å². The number of rotatable bonds is 2. The molecule has 2 N–H and O–H groups in total. The van der Waals surface area contributed by atoms with E-state index in [-0.39, 0.29) is 5.97 Å². The van der Waals surface area contributed by atoms with Crippen LogP contribution in [0.1, 0.15) is 17.3 Å². The summed E-state index contributed by atoms with van der Waals surface area (Å²) in [7, 11) is 0. The maximum atomic E-state index is 11.6. The van der Waals surface area contributed by atoms with Gasteiger partial charge in [0.25, 0.3) is 0 Å². The van der Waals surface area contributed by atoms with E-state index in [1.54, 1.807) is 19.1 Å².